The van der Waals surface area contributed by atoms with Crippen LogP contribution in [-0.2, 0) is 0 Å². The molecule has 1 N–H and O–H groups in total. The number of aliphatic hydroxyl groups excluding tert-OH is 1. The van der Waals surface area contributed by atoms with Crippen LogP contribution in [-0.4, -0.2) is 5.11 Å². The molecule has 0 saturated heterocycles. The minimum atomic E-state index is -0.525. The minimum Gasteiger partial charge on any atom is -0.389 e. The SMILES string of the molecule is Cc1cc([C@H](C)O)cc(C)c1F. The normalized spacial score (nSPS) is 13.1. The molecule has 12 heavy (non-hydrogen) atoms. The first-order valence-corrected chi connectivity index (χ1v) is 3.97. The number of benzene rings is 1. The van der Waals surface area contributed by atoms with E-state index in [0.717, 1.165) is 5.56 Å². The molecule has 0 fully saturated rings. The predicted octanol–water partition coefficient (Wildman–Crippen LogP) is 2.50. The lowest BCUT2D eigenvalue weighted by Gasteiger charge is -2.08. The summed E-state index contributed by atoms with van der Waals surface area (Å²) in [5.74, 6) is -0.181. The molecule has 0 aromatic heterocycles. The average molecular weight is 168 g/mol. The number of hydrogen-bond acceptors (Lipinski definition) is 1. The summed E-state index contributed by atoms with van der Waals surface area (Å²) in [6.45, 7) is 5.08. The van der Waals surface area contributed by atoms with Crippen molar-refractivity contribution in [3.63, 3.8) is 0 Å². The smallest absolute Gasteiger partial charge is 0.129 e. The number of aryl methyl sites for hydroxylation is 2. The lowest BCUT2D eigenvalue weighted by Crippen LogP contribution is -1.96. The molecule has 0 aliphatic heterocycles. The van der Waals surface area contributed by atoms with Gasteiger partial charge in [-0.2, -0.15) is 0 Å². The molecule has 0 saturated carbocycles. The second-order valence-electron chi connectivity index (χ2n) is 3.14. The van der Waals surface area contributed by atoms with Crippen molar-refractivity contribution >= 4 is 0 Å². The number of hydrogen-bond donors (Lipinski definition) is 1. The molecule has 0 unspecified atom stereocenters. The number of rotatable bonds is 1. The predicted molar refractivity (Wildman–Crippen MR) is 46.5 cm³/mol. The van der Waals surface area contributed by atoms with E-state index in [2.05, 4.69) is 0 Å². The minimum absolute atomic E-state index is 0.181. The molecular formula is C10H13FO. The molecular weight excluding hydrogens is 155 g/mol. The molecule has 66 valence electrons. The van der Waals surface area contributed by atoms with E-state index in [1.54, 1.807) is 32.9 Å². The van der Waals surface area contributed by atoms with Gasteiger partial charge in [0.05, 0.1) is 6.10 Å². The number of aliphatic hydroxyl groups is 1. The van der Waals surface area contributed by atoms with Gasteiger partial charge in [0.25, 0.3) is 0 Å². The van der Waals surface area contributed by atoms with Crippen LogP contribution < -0.4 is 0 Å². The summed E-state index contributed by atoms with van der Waals surface area (Å²) in [6, 6.07) is 3.35. The maximum atomic E-state index is 13.1. The molecule has 0 amide bonds. The molecule has 1 aromatic rings. The highest BCUT2D eigenvalue weighted by molar-refractivity contribution is 5.31. The first kappa shape index (κ1) is 9.20. The summed E-state index contributed by atoms with van der Waals surface area (Å²) < 4.78 is 13.1. The average Bonchev–Trinajstić information content (AvgIpc) is 1.99. The van der Waals surface area contributed by atoms with Crippen molar-refractivity contribution in [2.45, 2.75) is 26.9 Å². The third-order valence-electron chi connectivity index (χ3n) is 1.94. The quantitative estimate of drug-likeness (QED) is 0.683. The maximum Gasteiger partial charge on any atom is 0.129 e. The molecule has 1 rings (SSSR count). The Kier molecular flexibility index (Phi) is 2.48. The van der Waals surface area contributed by atoms with Crippen LogP contribution in [0.25, 0.3) is 0 Å². The molecule has 0 spiro atoms. The zero-order valence-electron chi connectivity index (χ0n) is 7.56. The largest absolute Gasteiger partial charge is 0.389 e. The van der Waals surface area contributed by atoms with Crippen molar-refractivity contribution in [1.82, 2.24) is 0 Å². The Morgan fingerprint density at radius 1 is 1.25 bits per heavy atom. The van der Waals surface area contributed by atoms with Crippen LogP contribution in [0.15, 0.2) is 12.1 Å². The van der Waals surface area contributed by atoms with E-state index in [9.17, 15) is 9.50 Å². The van der Waals surface area contributed by atoms with Crippen LogP contribution in [0, 0.1) is 19.7 Å². The van der Waals surface area contributed by atoms with E-state index < -0.39 is 6.10 Å². The van der Waals surface area contributed by atoms with E-state index in [-0.39, 0.29) is 5.82 Å². The van der Waals surface area contributed by atoms with Crippen LogP contribution >= 0.6 is 0 Å². The summed E-state index contributed by atoms with van der Waals surface area (Å²) in [6.07, 6.45) is -0.525. The van der Waals surface area contributed by atoms with Crippen LogP contribution in [0.3, 0.4) is 0 Å². The van der Waals surface area contributed by atoms with E-state index >= 15 is 0 Å². The Labute approximate surface area is 71.9 Å². The van der Waals surface area contributed by atoms with Crippen molar-refractivity contribution in [3.05, 3.63) is 34.6 Å². The van der Waals surface area contributed by atoms with Gasteiger partial charge in [-0.1, -0.05) is 12.1 Å². The summed E-state index contributed by atoms with van der Waals surface area (Å²) in [5, 5.41) is 9.24. The molecule has 0 radical (unpaired) electrons. The van der Waals surface area contributed by atoms with E-state index in [4.69, 9.17) is 0 Å². The van der Waals surface area contributed by atoms with Crippen LogP contribution in [0.4, 0.5) is 4.39 Å². The van der Waals surface area contributed by atoms with Crippen molar-refractivity contribution in [3.8, 4) is 0 Å². The Balaban J connectivity index is 3.21. The van der Waals surface area contributed by atoms with Gasteiger partial charge >= 0.3 is 0 Å². The Morgan fingerprint density at radius 2 is 1.67 bits per heavy atom. The standard InChI is InChI=1S/C10H13FO/c1-6-4-9(8(3)12)5-7(2)10(6)11/h4-5,8,12H,1-3H3/t8-/m0/s1. The zero-order chi connectivity index (χ0) is 9.30. The van der Waals surface area contributed by atoms with Crippen molar-refractivity contribution in [2.24, 2.45) is 0 Å². The highest BCUT2D eigenvalue weighted by Gasteiger charge is 2.06. The molecule has 0 aliphatic carbocycles. The van der Waals surface area contributed by atoms with Gasteiger partial charge in [-0.05, 0) is 37.5 Å². The maximum absolute atomic E-state index is 13.1. The molecule has 0 bridgehead atoms. The lowest BCUT2D eigenvalue weighted by atomic mass is 10.0. The highest BCUT2D eigenvalue weighted by Crippen LogP contribution is 2.19. The first-order chi connectivity index (χ1) is 5.52. The van der Waals surface area contributed by atoms with Gasteiger partial charge in [0, 0.05) is 0 Å². The van der Waals surface area contributed by atoms with E-state index in [0.29, 0.717) is 11.1 Å². The van der Waals surface area contributed by atoms with Gasteiger partial charge in [0.2, 0.25) is 0 Å². The topological polar surface area (TPSA) is 20.2 Å². The monoisotopic (exact) mass is 168 g/mol. The Bertz CT molecular complexity index is 269. The second kappa shape index (κ2) is 3.23. The number of halogens is 1. The van der Waals surface area contributed by atoms with Crippen molar-refractivity contribution in [2.75, 3.05) is 0 Å². The fraction of sp³-hybridized carbons (Fsp3) is 0.400. The third kappa shape index (κ3) is 1.64. The second-order valence-corrected chi connectivity index (χ2v) is 3.14. The van der Waals surface area contributed by atoms with Gasteiger partial charge in [0.15, 0.2) is 0 Å². The molecule has 1 aromatic carbocycles. The molecule has 1 nitrogen and oxygen atoms in total. The lowest BCUT2D eigenvalue weighted by molar-refractivity contribution is 0.199. The fourth-order valence-corrected chi connectivity index (χ4v) is 1.22. The Hall–Kier alpha value is -0.890. The third-order valence-corrected chi connectivity index (χ3v) is 1.94. The summed E-state index contributed by atoms with van der Waals surface area (Å²) in [4.78, 5) is 0. The molecule has 0 aliphatic rings. The zero-order valence-corrected chi connectivity index (χ0v) is 7.56. The van der Waals surface area contributed by atoms with Crippen LogP contribution in [0.2, 0.25) is 0 Å². The molecule has 2 heteroatoms. The summed E-state index contributed by atoms with van der Waals surface area (Å²) >= 11 is 0. The first-order valence-electron chi connectivity index (χ1n) is 3.97. The summed E-state index contributed by atoms with van der Waals surface area (Å²) in [5.41, 5.74) is 1.95. The van der Waals surface area contributed by atoms with Gasteiger partial charge in [0.1, 0.15) is 5.82 Å². The molecule has 1 atom stereocenters. The Morgan fingerprint density at radius 3 is 2.00 bits per heavy atom. The van der Waals surface area contributed by atoms with Crippen LogP contribution in [0.5, 0.6) is 0 Å². The molecule has 0 heterocycles. The van der Waals surface area contributed by atoms with Gasteiger partial charge in [-0.15, -0.1) is 0 Å². The highest BCUT2D eigenvalue weighted by atomic mass is 19.1. The van der Waals surface area contributed by atoms with Gasteiger partial charge < -0.3 is 5.11 Å². The van der Waals surface area contributed by atoms with Crippen LogP contribution in [0.1, 0.15) is 29.7 Å². The van der Waals surface area contributed by atoms with Crippen molar-refractivity contribution < 1.29 is 9.50 Å². The summed E-state index contributed by atoms with van der Waals surface area (Å²) in [7, 11) is 0. The van der Waals surface area contributed by atoms with Gasteiger partial charge in [-0.3, -0.25) is 0 Å². The van der Waals surface area contributed by atoms with Gasteiger partial charge in [-0.25, -0.2) is 4.39 Å². The fourth-order valence-electron chi connectivity index (χ4n) is 1.22. The van der Waals surface area contributed by atoms with E-state index in [1.165, 1.54) is 0 Å². The van der Waals surface area contributed by atoms with E-state index in [1.807, 2.05) is 0 Å². The van der Waals surface area contributed by atoms with Crippen molar-refractivity contribution in [1.29, 1.82) is 0 Å².